The van der Waals surface area contributed by atoms with Crippen molar-refractivity contribution in [1.82, 2.24) is 9.97 Å². The number of nitrogens with zero attached hydrogens (tertiary/aromatic N) is 2. The first-order valence-corrected chi connectivity index (χ1v) is 9.57. The van der Waals surface area contributed by atoms with Gasteiger partial charge in [0.25, 0.3) is 0 Å². The van der Waals surface area contributed by atoms with E-state index in [1.165, 1.54) is 13.8 Å². The van der Waals surface area contributed by atoms with Gasteiger partial charge >= 0.3 is 0 Å². The standard InChI is InChI=1S/C11H16FNO2.C11H17NO3/c1-11(2,12)6-9-4-5-10(7-13-9)15-8-14-3;1-11(2,13)6-9-4-5-10(7-12-9)15-8-14-3/h4-5,7H,6,8H2,1-3H3;4-5,7,13H,6,8H2,1-3H3. The molecule has 0 aliphatic heterocycles. The molecule has 30 heavy (non-hydrogen) atoms. The first-order valence-electron chi connectivity index (χ1n) is 9.57. The second-order valence-corrected chi connectivity index (χ2v) is 7.96. The molecule has 2 aromatic rings. The van der Waals surface area contributed by atoms with Crippen LogP contribution in [0.15, 0.2) is 36.7 Å². The summed E-state index contributed by atoms with van der Waals surface area (Å²) in [6.07, 6.45) is 4.02. The molecule has 0 aliphatic rings. The zero-order valence-corrected chi connectivity index (χ0v) is 18.6. The summed E-state index contributed by atoms with van der Waals surface area (Å²) in [5.41, 5.74) is -0.413. The Morgan fingerprint density at radius 1 is 0.800 bits per heavy atom. The van der Waals surface area contributed by atoms with Gasteiger partial charge in [-0.25, -0.2) is 4.39 Å². The Balaban J connectivity index is 0.000000300. The molecule has 168 valence electrons. The van der Waals surface area contributed by atoms with Gasteiger partial charge in [-0.05, 0) is 52.0 Å². The summed E-state index contributed by atoms with van der Waals surface area (Å²) < 4.78 is 33.2. The molecule has 2 aromatic heterocycles. The highest BCUT2D eigenvalue weighted by Gasteiger charge is 2.17. The number of ether oxygens (including phenoxy) is 4. The molecule has 8 heteroatoms. The highest BCUT2D eigenvalue weighted by atomic mass is 19.1. The maximum atomic E-state index is 13.3. The number of halogens is 1. The zero-order chi connectivity index (χ0) is 22.6. The third kappa shape index (κ3) is 12.3. The van der Waals surface area contributed by atoms with Gasteiger partial charge in [-0.15, -0.1) is 0 Å². The summed E-state index contributed by atoms with van der Waals surface area (Å²) in [5.74, 6) is 1.29. The number of rotatable bonds is 10. The van der Waals surface area contributed by atoms with Crippen molar-refractivity contribution >= 4 is 0 Å². The van der Waals surface area contributed by atoms with Crippen molar-refractivity contribution in [1.29, 1.82) is 0 Å². The predicted molar refractivity (Wildman–Crippen MR) is 112 cm³/mol. The number of alkyl halides is 1. The third-order valence-electron chi connectivity index (χ3n) is 3.50. The van der Waals surface area contributed by atoms with E-state index in [0.29, 0.717) is 30.0 Å². The molecule has 2 heterocycles. The van der Waals surface area contributed by atoms with Crippen molar-refractivity contribution in [3.63, 3.8) is 0 Å². The van der Waals surface area contributed by atoms with Crippen LogP contribution in [-0.2, 0) is 22.3 Å². The van der Waals surface area contributed by atoms with Gasteiger partial charge in [-0.1, -0.05) is 0 Å². The van der Waals surface area contributed by atoms with Gasteiger partial charge in [0.2, 0.25) is 0 Å². The second-order valence-electron chi connectivity index (χ2n) is 7.96. The van der Waals surface area contributed by atoms with Crippen LogP contribution in [0.5, 0.6) is 11.5 Å². The first kappa shape index (κ1) is 25.7. The Bertz CT molecular complexity index is 647. The van der Waals surface area contributed by atoms with Gasteiger partial charge in [0.05, 0.1) is 18.0 Å². The van der Waals surface area contributed by atoms with Crippen LogP contribution < -0.4 is 9.47 Å². The third-order valence-corrected chi connectivity index (χ3v) is 3.50. The molecule has 0 amide bonds. The Morgan fingerprint density at radius 2 is 1.23 bits per heavy atom. The molecule has 1 N–H and O–H groups in total. The minimum absolute atomic E-state index is 0.190. The topological polar surface area (TPSA) is 82.9 Å². The fourth-order valence-electron chi connectivity index (χ4n) is 2.33. The average Bonchev–Trinajstić information content (AvgIpc) is 2.65. The molecule has 0 aromatic carbocycles. The number of hydrogen-bond donors (Lipinski definition) is 1. The zero-order valence-electron chi connectivity index (χ0n) is 18.6. The predicted octanol–water partition coefficient (Wildman–Crippen LogP) is 3.73. The van der Waals surface area contributed by atoms with Crippen LogP contribution in [0.1, 0.15) is 39.1 Å². The van der Waals surface area contributed by atoms with Gasteiger partial charge in [-0.2, -0.15) is 0 Å². The molecule has 0 bridgehead atoms. The van der Waals surface area contributed by atoms with E-state index in [2.05, 4.69) is 9.97 Å². The van der Waals surface area contributed by atoms with E-state index in [4.69, 9.17) is 18.9 Å². The molecule has 0 aliphatic carbocycles. The molecule has 2 rings (SSSR count). The lowest BCUT2D eigenvalue weighted by molar-refractivity contribution is 0.0506. The first-order chi connectivity index (χ1) is 14.0. The highest BCUT2D eigenvalue weighted by Crippen LogP contribution is 2.17. The molecular weight excluding hydrogens is 391 g/mol. The maximum Gasteiger partial charge on any atom is 0.188 e. The summed E-state index contributed by atoms with van der Waals surface area (Å²) in [6, 6.07) is 7.16. The van der Waals surface area contributed by atoms with E-state index in [1.807, 2.05) is 12.1 Å². The highest BCUT2D eigenvalue weighted by molar-refractivity contribution is 5.21. The van der Waals surface area contributed by atoms with E-state index in [0.717, 1.165) is 5.69 Å². The number of methoxy groups -OCH3 is 2. The van der Waals surface area contributed by atoms with Crippen LogP contribution in [0.3, 0.4) is 0 Å². The summed E-state index contributed by atoms with van der Waals surface area (Å²) in [7, 11) is 3.11. The molecule has 0 saturated heterocycles. The van der Waals surface area contributed by atoms with Crippen LogP contribution in [0.25, 0.3) is 0 Å². The van der Waals surface area contributed by atoms with Gasteiger partial charge < -0.3 is 24.1 Å². The average molecular weight is 425 g/mol. The number of hydrogen-bond acceptors (Lipinski definition) is 7. The summed E-state index contributed by atoms with van der Waals surface area (Å²) in [4.78, 5) is 8.27. The summed E-state index contributed by atoms with van der Waals surface area (Å²) >= 11 is 0. The monoisotopic (exact) mass is 424 g/mol. The normalized spacial score (nSPS) is 11.5. The van der Waals surface area contributed by atoms with Crippen molar-refractivity contribution in [2.24, 2.45) is 0 Å². The fourth-order valence-corrected chi connectivity index (χ4v) is 2.33. The van der Waals surface area contributed by atoms with Crippen molar-refractivity contribution in [2.45, 2.75) is 51.8 Å². The van der Waals surface area contributed by atoms with E-state index in [1.54, 1.807) is 52.6 Å². The minimum atomic E-state index is -1.23. The molecule has 0 radical (unpaired) electrons. The number of pyridine rings is 2. The minimum Gasteiger partial charge on any atom is -0.466 e. The molecule has 0 saturated carbocycles. The van der Waals surface area contributed by atoms with Gasteiger partial charge in [0.15, 0.2) is 13.6 Å². The maximum absolute atomic E-state index is 13.3. The largest absolute Gasteiger partial charge is 0.466 e. The van der Waals surface area contributed by atoms with Crippen molar-refractivity contribution in [3.05, 3.63) is 48.0 Å². The summed E-state index contributed by atoms with van der Waals surface area (Å²) in [5, 5.41) is 9.59. The van der Waals surface area contributed by atoms with E-state index < -0.39 is 11.3 Å². The Kier molecular flexibility index (Phi) is 10.7. The fraction of sp³-hybridized carbons (Fsp3) is 0.545. The van der Waals surface area contributed by atoms with Crippen LogP contribution in [0.2, 0.25) is 0 Å². The number of aliphatic hydroxyl groups is 1. The second kappa shape index (κ2) is 12.4. The smallest absolute Gasteiger partial charge is 0.188 e. The van der Waals surface area contributed by atoms with Crippen molar-refractivity contribution < 1.29 is 28.4 Å². The Labute approximate surface area is 178 Å². The Hall–Kier alpha value is -2.29. The summed E-state index contributed by atoms with van der Waals surface area (Å²) in [6.45, 7) is 6.98. The molecule has 0 fully saturated rings. The van der Waals surface area contributed by atoms with E-state index in [9.17, 15) is 9.50 Å². The lowest BCUT2D eigenvalue weighted by Gasteiger charge is -2.16. The van der Waals surface area contributed by atoms with E-state index >= 15 is 0 Å². The molecular formula is C22H33FN2O5. The quantitative estimate of drug-likeness (QED) is 0.582. The van der Waals surface area contributed by atoms with Crippen LogP contribution in [0, 0.1) is 0 Å². The van der Waals surface area contributed by atoms with Crippen LogP contribution in [0.4, 0.5) is 4.39 Å². The van der Waals surface area contributed by atoms with Crippen molar-refractivity contribution in [2.75, 3.05) is 27.8 Å². The van der Waals surface area contributed by atoms with E-state index in [-0.39, 0.29) is 13.6 Å². The van der Waals surface area contributed by atoms with Crippen LogP contribution >= 0.6 is 0 Å². The number of aromatic nitrogens is 2. The SMILES string of the molecule is COCOc1ccc(CC(C)(C)F)nc1.COCOc1ccc(CC(C)(C)O)nc1. The molecule has 0 spiro atoms. The van der Waals surface area contributed by atoms with Gasteiger partial charge in [0.1, 0.15) is 17.2 Å². The van der Waals surface area contributed by atoms with Crippen molar-refractivity contribution in [3.8, 4) is 11.5 Å². The lowest BCUT2D eigenvalue weighted by atomic mass is 10.0. The van der Waals surface area contributed by atoms with Gasteiger partial charge in [0, 0.05) is 38.4 Å². The Morgan fingerprint density at radius 3 is 1.53 bits per heavy atom. The van der Waals surface area contributed by atoms with Crippen LogP contribution in [-0.4, -0.2) is 54.1 Å². The molecule has 0 unspecified atom stereocenters. The molecule has 0 atom stereocenters. The molecule has 7 nitrogen and oxygen atoms in total. The lowest BCUT2D eigenvalue weighted by Crippen LogP contribution is -2.22. The van der Waals surface area contributed by atoms with Gasteiger partial charge in [-0.3, -0.25) is 9.97 Å².